The Labute approximate surface area is 45.2 Å². The van der Waals surface area contributed by atoms with Crippen LogP contribution in [0.4, 0.5) is 0 Å². The van der Waals surface area contributed by atoms with E-state index in [9.17, 15) is 0 Å². The molecule has 0 bridgehead atoms. The van der Waals surface area contributed by atoms with Gasteiger partial charge in [0, 0.05) is 18.6 Å². The van der Waals surface area contributed by atoms with Crippen LogP contribution in [0.15, 0.2) is 0 Å². The van der Waals surface area contributed by atoms with Gasteiger partial charge >= 0.3 is 0 Å². The lowest BCUT2D eigenvalue weighted by Crippen LogP contribution is -2.21. The highest BCUT2D eigenvalue weighted by molar-refractivity contribution is 7.57. The van der Waals surface area contributed by atoms with Gasteiger partial charge in [0.15, 0.2) is 0 Å². The van der Waals surface area contributed by atoms with E-state index in [0.717, 1.165) is 12.8 Å². The third kappa shape index (κ3) is 1.12. The first-order valence-electron chi connectivity index (χ1n) is 2.47. The van der Waals surface area contributed by atoms with Crippen molar-refractivity contribution in [2.75, 3.05) is 19.5 Å². The van der Waals surface area contributed by atoms with Crippen molar-refractivity contribution in [2.24, 2.45) is 5.73 Å². The lowest BCUT2D eigenvalue weighted by molar-refractivity contribution is 0.795. The highest BCUT2D eigenvalue weighted by Gasteiger charge is 2.16. The fourth-order valence-corrected chi connectivity index (χ4v) is 1.82. The molecule has 1 aliphatic rings. The van der Waals surface area contributed by atoms with Crippen LogP contribution < -0.4 is 11.1 Å². The lowest BCUT2D eigenvalue weighted by atomic mass is 10.7. The van der Waals surface area contributed by atoms with Crippen LogP contribution in [0.5, 0.6) is 0 Å². The Hall–Kier alpha value is 0.350. The minimum Gasteiger partial charge on any atom is -0.323 e. The summed E-state index contributed by atoms with van der Waals surface area (Å²) in [5.74, 6) is 0.468. The van der Waals surface area contributed by atoms with Gasteiger partial charge in [-0.05, 0) is 6.66 Å². The van der Waals surface area contributed by atoms with Crippen molar-refractivity contribution < 1.29 is 0 Å². The van der Waals surface area contributed by atoms with Crippen molar-refractivity contribution >= 4 is 7.92 Å². The van der Waals surface area contributed by atoms with E-state index in [1.807, 2.05) is 0 Å². The summed E-state index contributed by atoms with van der Waals surface area (Å²) in [6.45, 7) is 3.27. The molecule has 0 aromatic rings. The maximum atomic E-state index is 5.64. The number of rotatable bonds is 0. The Kier molecular flexibility index (Phi) is 1.63. The van der Waals surface area contributed by atoms with Gasteiger partial charge in [0.2, 0.25) is 0 Å². The fraction of sp³-hybridized carbons (Fsp3) is 1.00. The number of hydrogen-bond donors (Lipinski definition) is 2. The van der Waals surface area contributed by atoms with Gasteiger partial charge in [0.05, 0.1) is 0 Å². The molecule has 1 fully saturated rings. The van der Waals surface area contributed by atoms with E-state index in [1.54, 1.807) is 0 Å². The highest BCUT2D eigenvalue weighted by atomic mass is 31.1. The Morgan fingerprint density at radius 1 is 1.86 bits per heavy atom. The van der Waals surface area contributed by atoms with Gasteiger partial charge in [0.25, 0.3) is 0 Å². The molecule has 2 unspecified atom stereocenters. The molecule has 0 amide bonds. The molecule has 3 heteroatoms. The summed E-state index contributed by atoms with van der Waals surface area (Å²) in [6, 6.07) is 0. The minimum atomic E-state index is 0.140. The van der Waals surface area contributed by atoms with E-state index in [2.05, 4.69) is 12.0 Å². The summed E-state index contributed by atoms with van der Waals surface area (Å²) >= 11 is 0. The molecular weight excluding hydrogens is 107 g/mol. The zero-order valence-corrected chi connectivity index (χ0v) is 5.41. The van der Waals surface area contributed by atoms with E-state index in [-0.39, 0.29) is 7.92 Å². The second kappa shape index (κ2) is 2.08. The summed E-state index contributed by atoms with van der Waals surface area (Å²) in [5, 5.41) is 3.23. The average molecular weight is 118 g/mol. The molecule has 42 valence electrons. The van der Waals surface area contributed by atoms with E-state index in [1.165, 1.54) is 0 Å². The predicted octanol–water partition coefficient (Wildman–Crippen LogP) is -0.0564. The van der Waals surface area contributed by atoms with Gasteiger partial charge in [0.1, 0.15) is 0 Å². The van der Waals surface area contributed by atoms with Crippen molar-refractivity contribution in [3.63, 3.8) is 0 Å². The van der Waals surface area contributed by atoms with Crippen molar-refractivity contribution in [2.45, 2.75) is 5.78 Å². The molecule has 3 N–H and O–H groups in total. The molecule has 0 aromatic heterocycles. The number of hydrogen-bond acceptors (Lipinski definition) is 2. The molecule has 0 radical (unpaired) electrons. The van der Waals surface area contributed by atoms with Crippen LogP contribution in [0.3, 0.4) is 0 Å². The van der Waals surface area contributed by atoms with Crippen molar-refractivity contribution in [1.82, 2.24) is 5.32 Å². The smallest absolute Gasteiger partial charge is 0.0378 e. The van der Waals surface area contributed by atoms with Crippen molar-refractivity contribution in [3.8, 4) is 0 Å². The number of nitrogens with one attached hydrogen (secondary N) is 1. The Bertz CT molecular complexity index is 58.7. The normalized spacial score (nSPS) is 42.0. The Morgan fingerprint density at radius 3 is 2.71 bits per heavy atom. The maximum Gasteiger partial charge on any atom is 0.0378 e. The second-order valence-corrected chi connectivity index (χ2v) is 4.43. The average Bonchev–Trinajstić information content (AvgIpc) is 1.91. The zero-order valence-electron chi connectivity index (χ0n) is 4.52. The third-order valence-corrected chi connectivity index (χ3v) is 3.32. The van der Waals surface area contributed by atoms with Crippen LogP contribution in [0.2, 0.25) is 0 Å². The van der Waals surface area contributed by atoms with Crippen molar-refractivity contribution in [1.29, 1.82) is 0 Å². The largest absolute Gasteiger partial charge is 0.323 e. The fourth-order valence-electron chi connectivity index (χ4n) is 0.662. The molecule has 0 saturated carbocycles. The van der Waals surface area contributed by atoms with E-state index in [0.29, 0.717) is 5.78 Å². The van der Waals surface area contributed by atoms with Gasteiger partial charge in [-0.25, -0.2) is 0 Å². The topological polar surface area (TPSA) is 38.0 Å². The van der Waals surface area contributed by atoms with Gasteiger partial charge in [-0.2, -0.15) is 0 Å². The summed E-state index contributed by atoms with van der Waals surface area (Å²) in [5.41, 5.74) is 5.64. The van der Waals surface area contributed by atoms with E-state index < -0.39 is 0 Å². The van der Waals surface area contributed by atoms with Crippen LogP contribution in [-0.4, -0.2) is 25.3 Å². The summed E-state index contributed by atoms with van der Waals surface area (Å²) < 4.78 is 0. The Balaban J connectivity index is 2.33. The molecule has 0 aromatic carbocycles. The molecule has 1 aliphatic heterocycles. The van der Waals surface area contributed by atoms with Gasteiger partial charge in [-0.15, -0.1) is 0 Å². The monoisotopic (exact) mass is 118 g/mol. The van der Waals surface area contributed by atoms with E-state index >= 15 is 0 Å². The molecule has 0 spiro atoms. The second-order valence-electron chi connectivity index (χ2n) is 1.94. The van der Waals surface area contributed by atoms with Crippen LogP contribution in [0.1, 0.15) is 0 Å². The quantitative estimate of drug-likeness (QED) is 0.437. The van der Waals surface area contributed by atoms with Gasteiger partial charge in [-0.3, -0.25) is 0 Å². The molecular formula is C4H11N2P. The highest BCUT2D eigenvalue weighted by Crippen LogP contribution is 2.35. The van der Waals surface area contributed by atoms with Crippen LogP contribution in [-0.2, 0) is 0 Å². The summed E-state index contributed by atoms with van der Waals surface area (Å²) in [7, 11) is 0.140. The molecule has 1 heterocycles. The minimum absolute atomic E-state index is 0.140. The lowest BCUT2D eigenvalue weighted by Gasteiger charge is -2.04. The van der Waals surface area contributed by atoms with Gasteiger partial charge in [-0.1, -0.05) is 7.92 Å². The molecule has 1 saturated heterocycles. The predicted molar refractivity (Wildman–Crippen MR) is 33.7 cm³/mol. The molecule has 7 heavy (non-hydrogen) atoms. The first kappa shape index (κ1) is 5.49. The molecule has 1 rings (SSSR count). The zero-order chi connectivity index (χ0) is 5.28. The van der Waals surface area contributed by atoms with Gasteiger partial charge < -0.3 is 11.1 Å². The first-order chi connectivity index (χ1) is 3.30. The SMILES string of the molecule is CP1CNCC1N. The van der Waals surface area contributed by atoms with Crippen LogP contribution >= 0.6 is 7.92 Å². The summed E-state index contributed by atoms with van der Waals surface area (Å²) in [4.78, 5) is 0. The van der Waals surface area contributed by atoms with E-state index in [4.69, 9.17) is 5.73 Å². The summed E-state index contributed by atoms with van der Waals surface area (Å²) in [6.07, 6.45) is 1.16. The third-order valence-electron chi connectivity index (χ3n) is 1.28. The number of nitrogens with two attached hydrogens (primary N) is 1. The molecule has 0 aliphatic carbocycles. The molecule has 2 nitrogen and oxygen atoms in total. The standard InChI is InChI=1S/C4H11N2P/c1-7-3-6-2-4(7)5/h4,6H,2-3,5H2,1H3. The Morgan fingerprint density at radius 2 is 2.57 bits per heavy atom. The van der Waals surface area contributed by atoms with Crippen LogP contribution in [0.25, 0.3) is 0 Å². The van der Waals surface area contributed by atoms with Crippen molar-refractivity contribution in [3.05, 3.63) is 0 Å². The maximum absolute atomic E-state index is 5.64. The van der Waals surface area contributed by atoms with Crippen LogP contribution in [0, 0.1) is 0 Å². The molecule has 2 atom stereocenters. The first-order valence-corrected chi connectivity index (χ1v) is 4.51.